The second-order valence-corrected chi connectivity index (χ2v) is 4.83. The predicted molar refractivity (Wildman–Crippen MR) is 64.0 cm³/mol. The standard InChI is InChI=1S/C12H24N2O2/c1-9(8-13)4-3-6-14-12(15)11-10(2)5-7-16-11/h9-11H,3-8,13H2,1-2H3,(H,14,15). The molecule has 1 amide bonds. The Morgan fingerprint density at radius 1 is 1.62 bits per heavy atom. The Hall–Kier alpha value is -0.610. The first-order valence-electron chi connectivity index (χ1n) is 6.24. The second-order valence-electron chi connectivity index (χ2n) is 4.83. The Bertz CT molecular complexity index is 221. The van der Waals surface area contributed by atoms with Gasteiger partial charge in [-0.15, -0.1) is 0 Å². The molecular formula is C12H24N2O2. The van der Waals surface area contributed by atoms with Crippen molar-refractivity contribution in [3.8, 4) is 0 Å². The molecule has 94 valence electrons. The van der Waals surface area contributed by atoms with Crippen LogP contribution >= 0.6 is 0 Å². The highest BCUT2D eigenvalue weighted by molar-refractivity contribution is 5.81. The average Bonchev–Trinajstić information content (AvgIpc) is 2.70. The van der Waals surface area contributed by atoms with Crippen LogP contribution in [-0.4, -0.2) is 31.7 Å². The molecule has 1 saturated heterocycles. The van der Waals surface area contributed by atoms with Crippen molar-refractivity contribution < 1.29 is 9.53 Å². The summed E-state index contributed by atoms with van der Waals surface area (Å²) in [6, 6.07) is 0. The van der Waals surface area contributed by atoms with E-state index in [2.05, 4.69) is 19.2 Å². The van der Waals surface area contributed by atoms with E-state index in [1.54, 1.807) is 0 Å². The minimum Gasteiger partial charge on any atom is -0.368 e. The first-order chi connectivity index (χ1) is 7.65. The highest BCUT2D eigenvalue weighted by Gasteiger charge is 2.30. The zero-order valence-electron chi connectivity index (χ0n) is 10.4. The van der Waals surface area contributed by atoms with E-state index in [0.29, 0.717) is 18.4 Å². The molecule has 1 heterocycles. The molecular weight excluding hydrogens is 204 g/mol. The zero-order valence-corrected chi connectivity index (χ0v) is 10.4. The van der Waals surface area contributed by atoms with Crippen LogP contribution in [0, 0.1) is 11.8 Å². The molecule has 3 atom stereocenters. The zero-order chi connectivity index (χ0) is 12.0. The maximum Gasteiger partial charge on any atom is 0.249 e. The van der Waals surface area contributed by atoms with Gasteiger partial charge in [-0.1, -0.05) is 13.8 Å². The highest BCUT2D eigenvalue weighted by Crippen LogP contribution is 2.19. The quantitative estimate of drug-likeness (QED) is 0.664. The van der Waals surface area contributed by atoms with Gasteiger partial charge in [0, 0.05) is 13.2 Å². The van der Waals surface area contributed by atoms with Gasteiger partial charge in [-0.3, -0.25) is 4.79 Å². The molecule has 3 N–H and O–H groups in total. The SMILES string of the molecule is CC(CN)CCCNC(=O)C1OCCC1C. The van der Waals surface area contributed by atoms with Gasteiger partial charge < -0.3 is 15.8 Å². The normalized spacial score (nSPS) is 26.7. The summed E-state index contributed by atoms with van der Waals surface area (Å²) in [7, 11) is 0. The summed E-state index contributed by atoms with van der Waals surface area (Å²) in [6.45, 7) is 6.35. The molecule has 0 aromatic heterocycles. The minimum absolute atomic E-state index is 0.0467. The van der Waals surface area contributed by atoms with E-state index in [0.717, 1.165) is 32.4 Å². The van der Waals surface area contributed by atoms with Crippen molar-refractivity contribution in [2.75, 3.05) is 19.7 Å². The monoisotopic (exact) mass is 228 g/mol. The van der Waals surface area contributed by atoms with Gasteiger partial charge in [-0.25, -0.2) is 0 Å². The molecule has 3 unspecified atom stereocenters. The fourth-order valence-corrected chi connectivity index (χ4v) is 1.91. The number of rotatable bonds is 6. The number of amides is 1. The van der Waals surface area contributed by atoms with Gasteiger partial charge in [-0.2, -0.15) is 0 Å². The Labute approximate surface area is 97.9 Å². The molecule has 1 aliphatic heterocycles. The maximum absolute atomic E-state index is 11.7. The fourth-order valence-electron chi connectivity index (χ4n) is 1.91. The summed E-state index contributed by atoms with van der Waals surface area (Å²) in [5.41, 5.74) is 5.52. The lowest BCUT2D eigenvalue weighted by molar-refractivity contribution is -0.131. The van der Waals surface area contributed by atoms with Crippen LogP contribution in [0.5, 0.6) is 0 Å². The summed E-state index contributed by atoms with van der Waals surface area (Å²) in [4.78, 5) is 11.7. The number of ether oxygens (including phenoxy) is 1. The minimum atomic E-state index is -0.230. The molecule has 0 spiro atoms. The van der Waals surface area contributed by atoms with Crippen LogP contribution < -0.4 is 11.1 Å². The first kappa shape index (κ1) is 13.5. The lowest BCUT2D eigenvalue weighted by atomic mass is 10.0. The van der Waals surface area contributed by atoms with Crippen LogP contribution in [0.15, 0.2) is 0 Å². The number of nitrogens with one attached hydrogen (secondary N) is 1. The number of carbonyl (C=O) groups excluding carboxylic acids is 1. The molecule has 0 aromatic rings. The number of nitrogens with two attached hydrogens (primary N) is 1. The van der Waals surface area contributed by atoms with E-state index in [-0.39, 0.29) is 12.0 Å². The van der Waals surface area contributed by atoms with Gasteiger partial charge in [0.15, 0.2) is 0 Å². The summed E-state index contributed by atoms with van der Waals surface area (Å²) < 4.78 is 5.39. The smallest absolute Gasteiger partial charge is 0.249 e. The summed E-state index contributed by atoms with van der Waals surface area (Å²) in [5.74, 6) is 0.937. The summed E-state index contributed by atoms with van der Waals surface area (Å²) >= 11 is 0. The molecule has 0 aliphatic carbocycles. The van der Waals surface area contributed by atoms with Gasteiger partial charge in [0.1, 0.15) is 6.10 Å². The molecule has 0 bridgehead atoms. The van der Waals surface area contributed by atoms with E-state index in [4.69, 9.17) is 10.5 Å². The Morgan fingerprint density at radius 2 is 2.38 bits per heavy atom. The third-order valence-corrected chi connectivity index (χ3v) is 3.22. The lowest BCUT2D eigenvalue weighted by Gasteiger charge is -2.15. The molecule has 1 aliphatic rings. The average molecular weight is 228 g/mol. The van der Waals surface area contributed by atoms with Gasteiger partial charge in [-0.05, 0) is 37.6 Å². The predicted octanol–water partition coefficient (Wildman–Crippen LogP) is 0.903. The van der Waals surface area contributed by atoms with E-state index >= 15 is 0 Å². The van der Waals surface area contributed by atoms with Crippen molar-refractivity contribution in [2.24, 2.45) is 17.6 Å². The molecule has 0 saturated carbocycles. The number of carbonyl (C=O) groups is 1. The first-order valence-corrected chi connectivity index (χ1v) is 6.24. The Kier molecular flexibility index (Phi) is 5.77. The highest BCUT2D eigenvalue weighted by atomic mass is 16.5. The number of hydrogen-bond acceptors (Lipinski definition) is 3. The molecule has 4 nitrogen and oxygen atoms in total. The second kappa shape index (κ2) is 6.86. The van der Waals surface area contributed by atoms with Gasteiger partial charge in [0.2, 0.25) is 5.91 Å². The molecule has 1 fully saturated rings. The van der Waals surface area contributed by atoms with E-state index in [1.807, 2.05) is 0 Å². The van der Waals surface area contributed by atoms with Crippen molar-refractivity contribution in [3.63, 3.8) is 0 Å². The third kappa shape index (κ3) is 4.10. The summed E-state index contributed by atoms with van der Waals surface area (Å²) in [6.07, 6.45) is 2.82. The van der Waals surface area contributed by atoms with Crippen LogP contribution in [0.4, 0.5) is 0 Å². The molecule has 0 aromatic carbocycles. The van der Waals surface area contributed by atoms with Crippen LogP contribution in [0.3, 0.4) is 0 Å². The van der Waals surface area contributed by atoms with Gasteiger partial charge in [0.05, 0.1) is 0 Å². The van der Waals surface area contributed by atoms with Crippen molar-refractivity contribution in [3.05, 3.63) is 0 Å². The maximum atomic E-state index is 11.7. The van der Waals surface area contributed by atoms with Crippen molar-refractivity contribution in [1.82, 2.24) is 5.32 Å². The van der Waals surface area contributed by atoms with E-state index in [9.17, 15) is 4.79 Å². The Balaban J connectivity index is 2.10. The third-order valence-electron chi connectivity index (χ3n) is 3.22. The Morgan fingerprint density at radius 3 is 2.94 bits per heavy atom. The molecule has 16 heavy (non-hydrogen) atoms. The van der Waals surface area contributed by atoms with E-state index in [1.165, 1.54) is 0 Å². The fraction of sp³-hybridized carbons (Fsp3) is 0.917. The largest absolute Gasteiger partial charge is 0.368 e. The van der Waals surface area contributed by atoms with Crippen molar-refractivity contribution >= 4 is 5.91 Å². The molecule has 4 heteroatoms. The number of hydrogen-bond donors (Lipinski definition) is 2. The van der Waals surface area contributed by atoms with Crippen LogP contribution in [0.1, 0.15) is 33.1 Å². The van der Waals surface area contributed by atoms with Crippen LogP contribution in [0.25, 0.3) is 0 Å². The van der Waals surface area contributed by atoms with Crippen molar-refractivity contribution in [2.45, 2.75) is 39.2 Å². The topological polar surface area (TPSA) is 64.3 Å². The van der Waals surface area contributed by atoms with Crippen molar-refractivity contribution in [1.29, 1.82) is 0 Å². The lowest BCUT2D eigenvalue weighted by Crippen LogP contribution is -2.37. The summed E-state index contributed by atoms with van der Waals surface area (Å²) in [5, 5.41) is 2.93. The molecule has 1 rings (SSSR count). The van der Waals surface area contributed by atoms with Gasteiger partial charge in [0.25, 0.3) is 0 Å². The van der Waals surface area contributed by atoms with Crippen LogP contribution in [0.2, 0.25) is 0 Å². The van der Waals surface area contributed by atoms with E-state index < -0.39 is 0 Å². The van der Waals surface area contributed by atoms with Crippen LogP contribution in [-0.2, 0) is 9.53 Å². The van der Waals surface area contributed by atoms with Gasteiger partial charge >= 0.3 is 0 Å². The molecule has 0 radical (unpaired) electrons.